The maximum absolute atomic E-state index is 10.7. The molecule has 0 saturated heterocycles. The predicted octanol–water partition coefficient (Wildman–Crippen LogP) is 1.01. The molecular formula is CH2F3IO3S. The van der Waals surface area contributed by atoms with Gasteiger partial charge in [-0.05, 0) is 0 Å². The van der Waals surface area contributed by atoms with E-state index in [4.69, 9.17) is 13.0 Å². The first-order chi connectivity index (χ1) is 3.25. The van der Waals surface area contributed by atoms with Crippen LogP contribution in [0.15, 0.2) is 0 Å². The average Bonchev–Trinajstić information content (AvgIpc) is 1.25. The molecule has 0 radical (unpaired) electrons. The van der Waals surface area contributed by atoms with Gasteiger partial charge in [0.2, 0.25) is 0 Å². The minimum Gasteiger partial charge on any atom is -0.279 e. The lowest BCUT2D eigenvalue weighted by molar-refractivity contribution is -0.0510. The Morgan fingerprint density at radius 2 is 1.33 bits per heavy atom. The van der Waals surface area contributed by atoms with E-state index in [1.54, 1.807) is 0 Å². The molecule has 0 aliphatic heterocycles. The zero-order valence-corrected chi connectivity index (χ0v) is 6.86. The fourth-order valence-corrected chi connectivity index (χ4v) is 0. The van der Waals surface area contributed by atoms with Gasteiger partial charge in [0, 0.05) is 0 Å². The fourth-order valence-electron chi connectivity index (χ4n) is 0. The van der Waals surface area contributed by atoms with E-state index in [1.165, 1.54) is 0 Å². The van der Waals surface area contributed by atoms with Gasteiger partial charge in [-0.2, -0.15) is 21.6 Å². The molecule has 0 aromatic heterocycles. The van der Waals surface area contributed by atoms with E-state index in [9.17, 15) is 13.2 Å². The highest BCUT2D eigenvalue weighted by Crippen LogP contribution is 2.20. The normalized spacial score (nSPS) is 12.4. The standard InChI is InChI=1S/CHF3O3S.HI/c2-1(3,4)8(5,6)7;/h(H,5,6,7);1H. The van der Waals surface area contributed by atoms with Gasteiger partial charge in [-0.3, -0.25) is 4.55 Å². The number of hydrogen-bond donors (Lipinski definition) is 1. The molecule has 1 N–H and O–H groups in total. The van der Waals surface area contributed by atoms with Gasteiger partial charge >= 0.3 is 15.6 Å². The summed E-state index contributed by atoms with van der Waals surface area (Å²) in [6.07, 6.45) is 0. The monoisotopic (exact) mass is 278 g/mol. The average molecular weight is 278 g/mol. The number of hydrogen-bond acceptors (Lipinski definition) is 2. The summed E-state index contributed by atoms with van der Waals surface area (Å²) in [5, 5.41) is 0. The molecule has 8 heteroatoms. The molecule has 0 aromatic carbocycles. The van der Waals surface area contributed by atoms with E-state index in [0.717, 1.165) is 0 Å². The Labute approximate surface area is 66.0 Å². The van der Waals surface area contributed by atoms with Crippen molar-refractivity contribution in [3.05, 3.63) is 0 Å². The van der Waals surface area contributed by atoms with Crippen molar-refractivity contribution in [3.63, 3.8) is 0 Å². The van der Waals surface area contributed by atoms with Crippen molar-refractivity contribution in [2.45, 2.75) is 5.51 Å². The van der Waals surface area contributed by atoms with Crippen LogP contribution in [0.5, 0.6) is 0 Å². The zero-order valence-electron chi connectivity index (χ0n) is 3.71. The topological polar surface area (TPSA) is 54.4 Å². The van der Waals surface area contributed by atoms with E-state index >= 15 is 0 Å². The molecule has 9 heavy (non-hydrogen) atoms. The van der Waals surface area contributed by atoms with Crippen LogP contribution in [-0.2, 0) is 10.1 Å². The summed E-state index contributed by atoms with van der Waals surface area (Å²) in [6.45, 7) is 0. The van der Waals surface area contributed by atoms with E-state index in [-0.39, 0.29) is 24.0 Å². The second-order valence-electron chi connectivity index (χ2n) is 0.921. The molecule has 0 aliphatic rings. The van der Waals surface area contributed by atoms with Crippen molar-refractivity contribution >= 4 is 34.1 Å². The summed E-state index contributed by atoms with van der Waals surface area (Å²) in [5.74, 6) is 0. The molecule has 58 valence electrons. The summed E-state index contributed by atoms with van der Waals surface area (Å²) in [6, 6.07) is 0. The second kappa shape index (κ2) is 3.01. The number of rotatable bonds is 0. The summed E-state index contributed by atoms with van der Waals surface area (Å²) < 4.78 is 57.5. The van der Waals surface area contributed by atoms with E-state index in [0.29, 0.717) is 0 Å². The van der Waals surface area contributed by atoms with Crippen molar-refractivity contribution in [1.82, 2.24) is 0 Å². The van der Waals surface area contributed by atoms with Gasteiger partial charge in [0.1, 0.15) is 0 Å². The van der Waals surface area contributed by atoms with Gasteiger partial charge in [-0.25, -0.2) is 0 Å². The van der Waals surface area contributed by atoms with Crippen LogP contribution < -0.4 is 0 Å². The lowest BCUT2D eigenvalue weighted by Crippen LogP contribution is -2.21. The van der Waals surface area contributed by atoms with Crippen LogP contribution in [0.2, 0.25) is 0 Å². The summed E-state index contributed by atoms with van der Waals surface area (Å²) >= 11 is 0. The van der Waals surface area contributed by atoms with Crippen LogP contribution in [0.25, 0.3) is 0 Å². The van der Waals surface area contributed by atoms with Crippen molar-refractivity contribution < 1.29 is 26.1 Å². The molecule has 0 amide bonds. The largest absolute Gasteiger partial charge is 0.522 e. The maximum Gasteiger partial charge on any atom is 0.522 e. The third-order valence-electron chi connectivity index (χ3n) is 0.292. The molecule has 0 fully saturated rings. The third kappa shape index (κ3) is 3.92. The molecular weight excluding hydrogens is 276 g/mol. The van der Waals surface area contributed by atoms with Crippen LogP contribution in [0.4, 0.5) is 13.2 Å². The summed E-state index contributed by atoms with van der Waals surface area (Å²) in [7, 11) is -5.84. The summed E-state index contributed by atoms with van der Waals surface area (Å²) in [4.78, 5) is 0. The zero-order chi connectivity index (χ0) is 7.00. The second-order valence-corrected chi connectivity index (χ2v) is 2.33. The van der Waals surface area contributed by atoms with Crippen LogP contribution in [0.1, 0.15) is 0 Å². The Bertz CT molecular complexity index is 168. The first kappa shape index (κ1) is 12.1. The molecule has 0 aromatic rings. The quantitative estimate of drug-likeness (QED) is 0.409. The molecule has 0 spiro atoms. The molecule has 0 heterocycles. The highest BCUT2D eigenvalue weighted by molar-refractivity contribution is 14.0. The van der Waals surface area contributed by atoms with E-state index in [2.05, 4.69) is 0 Å². The lowest BCUT2D eigenvalue weighted by atomic mass is 11.6. The first-order valence-corrected chi connectivity index (χ1v) is 2.73. The highest BCUT2D eigenvalue weighted by Gasteiger charge is 2.44. The van der Waals surface area contributed by atoms with Crippen LogP contribution in [0, 0.1) is 0 Å². The van der Waals surface area contributed by atoms with Crippen molar-refractivity contribution in [2.24, 2.45) is 0 Å². The molecule has 0 saturated carbocycles. The first-order valence-electron chi connectivity index (χ1n) is 1.29. The molecule has 0 unspecified atom stereocenters. The number of alkyl halides is 3. The third-order valence-corrected chi connectivity index (χ3v) is 0.877. The van der Waals surface area contributed by atoms with Crippen LogP contribution >= 0.6 is 24.0 Å². The number of halogens is 4. The van der Waals surface area contributed by atoms with Gasteiger partial charge in [0.15, 0.2) is 0 Å². The fraction of sp³-hybridized carbons (Fsp3) is 1.00. The van der Waals surface area contributed by atoms with Crippen molar-refractivity contribution in [3.8, 4) is 0 Å². The van der Waals surface area contributed by atoms with Crippen molar-refractivity contribution in [1.29, 1.82) is 0 Å². The van der Waals surface area contributed by atoms with Gasteiger partial charge in [-0.1, -0.05) is 0 Å². The molecule has 0 aliphatic carbocycles. The van der Waals surface area contributed by atoms with Crippen LogP contribution in [0.3, 0.4) is 0 Å². The SMILES string of the molecule is I.O=S(=O)(O)C(F)(F)F. The van der Waals surface area contributed by atoms with E-state index < -0.39 is 15.6 Å². The molecule has 0 rings (SSSR count). The minimum atomic E-state index is -5.84. The van der Waals surface area contributed by atoms with Crippen LogP contribution in [-0.4, -0.2) is 18.5 Å². The van der Waals surface area contributed by atoms with E-state index in [1.807, 2.05) is 0 Å². The predicted molar refractivity (Wildman–Crippen MR) is 33.0 cm³/mol. The van der Waals surface area contributed by atoms with Crippen molar-refractivity contribution in [2.75, 3.05) is 0 Å². The maximum atomic E-state index is 10.7. The minimum absolute atomic E-state index is 0. The smallest absolute Gasteiger partial charge is 0.279 e. The highest BCUT2D eigenvalue weighted by atomic mass is 127. The Morgan fingerprint density at radius 3 is 1.33 bits per heavy atom. The Kier molecular flexibility index (Phi) is 4.06. The van der Waals surface area contributed by atoms with Gasteiger partial charge < -0.3 is 0 Å². The lowest BCUT2D eigenvalue weighted by Gasteiger charge is -1.97. The molecule has 0 bridgehead atoms. The molecule has 3 nitrogen and oxygen atoms in total. The molecule has 0 atom stereocenters. The van der Waals surface area contributed by atoms with Gasteiger partial charge in [0.25, 0.3) is 0 Å². The van der Waals surface area contributed by atoms with Gasteiger partial charge in [-0.15, -0.1) is 24.0 Å². The Hall–Kier alpha value is 0.430. The van der Waals surface area contributed by atoms with Gasteiger partial charge in [0.05, 0.1) is 0 Å². The Morgan fingerprint density at radius 1 is 1.22 bits per heavy atom. The Balaban J connectivity index is 0. The summed E-state index contributed by atoms with van der Waals surface area (Å²) in [5.41, 5.74) is -5.53.